The van der Waals surface area contributed by atoms with Gasteiger partial charge in [0.25, 0.3) is 0 Å². The molecule has 1 saturated heterocycles. The summed E-state index contributed by atoms with van der Waals surface area (Å²) in [6.45, 7) is 4.24. The molecule has 32 heavy (non-hydrogen) atoms. The second-order valence-electron chi connectivity index (χ2n) is 7.57. The lowest BCUT2D eigenvalue weighted by Gasteiger charge is -2.37. The molecule has 172 valence electrons. The highest BCUT2D eigenvalue weighted by molar-refractivity contribution is 5.95. The molecule has 10 heteroatoms. The number of carbonyl (C=O) groups excluding carboxylic acids is 2. The summed E-state index contributed by atoms with van der Waals surface area (Å²) in [5, 5.41) is 4.56. The van der Waals surface area contributed by atoms with E-state index in [4.69, 9.17) is 0 Å². The summed E-state index contributed by atoms with van der Waals surface area (Å²) < 4.78 is 53.7. The van der Waals surface area contributed by atoms with Crippen LogP contribution in [0.15, 0.2) is 36.4 Å². The van der Waals surface area contributed by atoms with Crippen LogP contribution in [0.4, 0.5) is 23.2 Å². The molecular weight excluding hydrogens is 428 g/mol. The van der Waals surface area contributed by atoms with Crippen LogP contribution in [0.3, 0.4) is 0 Å². The Bertz CT molecular complexity index is 980. The van der Waals surface area contributed by atoms with Gasteiger partial charge in [-0.05, 0) is 25.1 Å². The van der Waals surface area contributed by atoms with Gasteiger partial charge < -0.3 is 10.6 Å². The van der Waals surface area contributed by atoms with E-state index in [2.05, 4.69) is 15.5 Å². The second kappa shape index (κ2) is 10.6. The Balaban J connectivity index is 1.43. The Labute approximate surface area is 183 Å². The van der Waals surface area contributed by atoms with E-state index in [9.17, 15) is 27.2 Å². The van der Waals surface area contributed by atoms with Gasteiger partial charge in [-0.25, -0.2) is 17.6 Å². The van der Waals surface area contributed by atoms with Crippen LogP contribution in [-0.2, 0) is 16.1 Å². The number of hydrogen-bond acceptors (Lipinski definition) is 4. The lowest BCUT2D eigenvalue weighted by Crippen LogP contribution is -2.54. The normalized spacial score (nSPS) is 15.9. The highest BCUT2D eigenvalue weighted by atomic mass is 19.2. The zero-order valence-corrected chi connectivity index (χ0v) is 17.5. The van der Waals surface area contributed by atoms with Gasteiger partial charge in [0.2, 0.25) is 11.8 Å². The van der Waals surface area contributed by atoms with Crippen molar-refractivity contribution in [1.29, 1.82) is 0 Å². The van der Waals surface area contributed by atoms with Crippen LogP contribution in [0, 0.1) is 23.3 Å². The molecule has 2 amide bonds. The van der Waals surface area contributed by atoms with Crippen molar-refractivity contribution in [2.24, 2.45) is 0 Å². The maximum absolute atomic E-state index is 13.8. The molecule has 2 N–H and O–H groups in total. The molecule has 0 aliphatic carbocycles. The first-order valence-corrected chi connectivity index (χ1v) is 10.2. The number of piperazine rings is 1. The van der Waals surface area contributed by atoms with E-state index in [-0.39, 0.29) is 5.82 Å². The molecule has 1 heterocycles. The second-order valence-corrected chi connectivity index (χ2v) is 7.57. The predicted octanol–water partition coefficient (Wildman–Crippen LogP) is 2.50. The Morgan fingerprint density at radius 2 is 1.62 bits per heavy atom. The van der Waals surface area contributed by atoms with Crippen LogP contribution >= 0.6 is 0 Å². The quantitative estimate of drug-likeness (QED) is 0.501. The van der Waals surface area contributed by atoms with Crippen LogP contribution in [0.1, 0.15) is 12.5 Å². The molecular formula is C22H24F4N4O2. The van der Waals surface area contributed by atoms with Crippen molar-refractivity contribution >= 4 is 17.5 Å². The Morgan fingerprint density at radius 3 is 2.31 bits per heavy atom. The standard InChI is InChI=1S/C22H24F4N4O2/c1-14(30-10-8-29(9-11-30)13-15-4-2-3-5-16(15)23)22(32)27-12-19(31)28-18-7-6-17(24)20(25)21(18)26/h2-7,14H,8-13H2,1H3,(H,27,32)(H,28,31). The van der Waals surface area contributed by atoms with E-state index < -0.39 is 47.5 Å². The number of nitrogens with one attached hydrogen (secondary N) is 2. The SMILES string of the molecule is CC(C(=O)NCC(=O)Nc1ccc(F)c(F)c1F)N1CCN(Cc2ccccc2F)CC1. The molecule has 0 aromatic heterocycles. The summed E-state index contributed by atoms with van der Waals surface area (Å²) in [6.07, 6.45) is 0. The van der Waals surface area contributed by atoms with Gasteiger partial charge in [0.1, 0.15) is 5.82 Å². The summed E-state index contributed by atoms with van der Waals surface area (Å²) >= 11 is 0. The number of benzene rings is 2. The average Bonchev–Trinajstić information content (AvgIpc) is 2.79. The molecule has 1 unspecified atom stereocenters. The van der Waals surface area contributed by atoms with Gasteiger partial charge in [-0.15, -0.1) is 0 Å². The molecule has 1 atom stereocenters. The third-order valence-electron chi connectivity index (χ3n) is 5.42. The first-order valence-electron chi connectivity index (χ1n) is 10.2. The smallest absolute Gasteiger partial charge is 0.243 e. The summed E-state index contributed by atoms with van der Waals surface area (Å²) in [6, 6.07) is 7.68. The summed E-state index contributed by atoms with van der Waals surface area (Å²) in [5.41, 5.74) is 0.109. The minimum Gasteiger partial charge on any atom is -0.346 e. The van der Waals surface area contributed by atoms with Crippen LogP contribution < -0.4 is 10.6 Å². The molecule has 0 saturated carbocycles. The zero-order chi connectivity index (χ0) is 23.3. The van der Waals surface area contributed by atoms with Crippen molar-refractivity contribution in [3.05, 3.63) is 65.2 Å². The monoisotopic (exact) mass is 452 g/mol. The van der Waals surface area contributed by atoms with Crippen molar-refractivity contribution < 1.29 is 27.2 Å². The first kappa shape index (κ1) is 23.7. The van der Waals surface area contributed by atoms with E-state index in [0.29, 0.717) is 44.4 Å². The third-order valence-corrected chi connectivity index (χ3v) is 5.42. The Hall–Kier alpha value is -2.98. The lowest BCUT2D eigenvalue weighted by molar-refractivity contribution is -0.128. The van der Waals surface area contributed by atoms with Crippen molar-refractivity contribution in [3.63, 3.8) is 0 Å². The molecule has 1 fully saturated rings. The zero-order valence-electron chi connectivity index (χ0n) is 17.5. The maximum Gasteiger partial charge on any atom is 0.243 e. The Morgan fingerprint density at radius 1 is 0.938 bits per heavy atom. The molecule has 2 aromatic rings. The largest absolute Gasteiger partial charge is 0.346 e. The van der Waals surface area contributed by atoms with Gasteiger partial charge in [-0.1, -0.05) is 18.2 Å². The van der Waals surface area contributed by atoms with Crippen molar-refractivity contribution in [1.82, 2.24) is 15.1 Å². The average molecular weight is 452 g/mol. The van der Waals surface area contributed by atoms with Gasteiger partial charge in [0.15, 0.2) is 17.5 Å². The number of hydrogen-bond donors (Lipinski definition) is 2. The molecule has 6 nitrogen and oxygen atoms in total. The number of halogens is 4. The van der Waals surface area contributed by atoms with E-state index in [1.807, 2.05) is 4.90 Å². The minimum absolute atomic E-state index is 0.246. The highest BCUT2D eigenvalue weighted by Crippen LogP contribution is 2.19. The van der Waals surface area contributed by atoms with Gasteiger partial charge >= 0.3 is 0 Å². The fourth-order valence-electron chi connectivity index (χ4n) is 3.47. The van der Waals surface area contributed by atoms with Crippen LogP contribution in [0.5, 0.6) is 0 Å². The number of amides is 2. The van der Waals surface area contributed by atoms with Crippen molar-refractivity contribution in [3.8, 4) is 0 Å². The van der Waals surface area contributed by atoms with Crippen LogP contribution in [-0.4, -0.2) is 60.4 Å². The number of carbonyl (C=O) groups is 2. The summed E-state index contributed by atoms with van der Waals surface area (Å²) in [7, 11) is 0. The van der Waals surface area contributed by atoms with Crippen LogP contribution in [0.2, 0.25) is 0 Å². The fourth-order valence-corrected chi connectivity index (χ4v) is 3.47. The fraction of sp³-hybridized carbons (Fsp3) is 0.364. The topological polar surface area (TPSA) is 64.7 Å². The molecule has 3 rings (SSSR count). The van der Waals surface area contributed by atoms with E-state index in [1.165, 1.54) is 6.07 Å². The Kier molecular flexibility index (Phi) is 7.81. The lowest BCUT2D eigenvalue weighted by atomic mass is 10.1. The number of rotatable bonds is 7. The van der Waals surface area contributed by atoms with Crippen LogP contribution in [0.25, 0.3) is 0 Å². The summed E-state index contributed by atoms with van der Waals surface area (Å²) in [5.74, 6) is -5.97. The van der Waals surface area contributed by atoms with Crippen molar-refractivity contribution in [2.45, 2.75) is 19.5 Å². The van der Waals surface area contributed by atoms with E-state index in [1.54, 1.807) is 25.1 Å². The van der Waals surface area contributed by atoms with E-state index >= 15 is 0 Å². The maximum atomic E-state index is 13.8. The summed E-state index contributed by atoms with van der Waals surface area (Å²) in [4.78, 5) is 28.4. The highest BCUT2D eigenvalue weighted by Gasteiger charge is 2.26. The molecule has 1 aliphatic heterocycles. The minimum atomic E-state index is -1.69. The van der Waals surface area contributed by atoms with Gasteiger partial charge in [-0.3, -0.25) is 19.4 Å². The third kappa shape index (κ3) is 5.83. The molecule has 0 radical (unpaired) electrons. The van der Waals surface area contributed by atoms with Crippen molar-refractivity contribution in [2.75, 3.05) is 38.0 Å². The predicted molar refractivity (Wildman–Crippen MR) is 111 cm³/mol. The van der Waals surface area contributed by atoms with Gasteiger partial charge in [0, 0.05) is 38.3 Å². The molecule has 0 spiro atoms. The van der Waals surface area contributed by atoms with E-state index in [0.717, 1.165) is 6.07 Å². The van der Waals surface area contributed by atoms with Gasteiger partial charge in [0.05, 0.1) is 18.3 Å². The molecule has 1 aliphatic rings. The first-order chi connectivity index (χ1) is 15.3. The number of nitrogens with zero attached hydrogens (tertiary/aromatic N) is 2. The van der Waals surface area contributed by atoms with Gasteiger partial charge in [-0.2, -0.15) is 0 Å². The molecule has 0 bridgehead atoms. The number of anilines is 1. The molecule has 2 aromatic carbocycles.